The summed E-state index contributed by atoms with van der Waals surface area (Å²) in [7, 11) is 0. The predicted molar refractivity (Wildman–Crippen MR) is 116 cm³/mol. The van der Waals surface area contributed by atoms with Crippen molar-refractivity contribution in [3.63, 3.8) is 0 Å². The van der Waals surface area contributed by atoms with Crippen molar-refractivity contribution in [3.8, 4) is 0 Å². The van der Waals surface area contributed by atoms with Gasteiger partial charge in [-0.05, 0) is 60.4 Å². The second-order valence-electron chi connectivity index (χ2n) is 7.82. The monoisotopic (exact) mass is 401 g/mol. The van der Waals surface area contributed by atoms with Gasteiger partial charge in [0.15, 0.2) is 0 Å². The van der Waals surface area contributed by atoms with Crippen molar-refractivity contribution in [2.45, 2.75) is 26.3 Å². The Kier molecular flexibility index (Phi) is 4.78. The molecule has 0 aliphatic carbocycles. The summed E-state index contributed by atoms with van der Waals surface area (Å²) in [6.07, 6.45) is 0. The number of nitrogens with one attached hydrogen (secondary N) is 2. The van der Waals surface area contributed by atoms with Crippen LogP contribution in [0, 0.1) is 13.8 Å². The molecule has 152 valence electrons. The first kappa shape index (κ1) is 19.6. The van der Waals surface area contributed by atoms with E-state index in [-0.39, 0.29) is 6.54 Å². The molecular formula is C24H23N3O3. The van der Waals surface area contributed by atoms with Gasteiger partial charge in [-0.15, -0.1) is 0 Å². The Labute approximate surface area is 174 Å². The topological polar surface area (TPSA) is 78.5 Å². The number of rotatable bonds is 4. The van der Waals surface area contributed by atoms with Crippen LogP contribution in [0.25, 0.3) is 10.8 Å². The summed E-state index contributed by atoms with van der Waals surface area (Å²) < 4.78 is 0. The van der Waals surface area contributed by atoms with E-state index in [9.17, 15) is 14.4 Å². The minimum Gasteiger partial charge on any atom is -0.325 e. The number of anilines is 1. The number of carbonyl (C=O) groups excluding carboxylic acids is 3. The molecule has 3 aromatic rings. The number of benzene rings is 3. The minimum atomic E-state index is -1.24. The van der Waals surface area contributed by atoms with Crippen molar-refractivity contribution in [2.24, 2.45) is 0 Å². The summed E-state index contributed by atoms with van der Waals surface area (Å²) in [4.78, 5) is 39.3. The third-order valence-electron chi connectivity index (χ3n) is 5.70. The molecule has 4 amide bonds. The molecule has 1 aliphatic heterocycles. The average Bonchev–Trinajstić information content (AvgIpc) is 2.94. The molecule has 30 heavy (non-hydrogen) atoms. The summed E-state index contributed by atoms with van der Waals surface area (Å²) >= 11 is 0. The van der Waals surface area contributed by atoms with Crippen molar-refractivity contribution in [1.29, 1.82) is 0 Å². The molecular weight excluding hydrogens is 378 g/mol. The zero-order chi connectivity index (χ0) is 21.5. The quantitative estimate of drug-likeness (QED) is 0.652. The molecule has 1 aliphatic rings. The Hall–Kier alpha value is -3.67. The maximum atomic E-state index is 13.2. The van der Waals surface area contributed by atoms with Crippen LogP contribution in [0.2, 0.25) is 0 Å². The first-order valence-electron chi connectivity index (χ1n) is 9.79. The lowest BCUT2D eigenvalue weighted by atomic mass is 9.88. The summed E-state index contributed by atoms with van der Waals surface area (Å²) in [5.74, 6) is -0.872. The molecule has 1 atom stereocenters. The average molecular weight is 401 g/mol. The van der Waals surface area contributed by atoms with E-state index < -0.39 is 23.4 Å². The number of nitrogens with zero attached hydrogens (tertiary/aromatic N) is 1. The van der Waals surface area contributed by atoms with Crippen molar-refractivity contribution >= 4 is 34.3 Å². The molecule has 6 nitrogen and oxygen atoms in total. The van der Waals surface area contributed by atoms with E-state index in [2.05, 4.69) is 10.6 Å². The number of carbonyl (C=O) groups is 3. The summed E-state index contributed by atoms with van der Waals surface area (Å²) in [5.41, 5.74) is 2.26. The lowest BCUT2D eigenvalue weighted by Gasteiger charge is -2.24. The molecule has 0 bridgehead atoms. The van der Waals surface area contributed by atoms with Gasteiger partial charge >= 0.3 is 6.03 Å². The van der Waals surface area contributed by atoms with Crippen LogP contribution < -0.4 is 10.6 Å². The lowest BCUT2D eigenvalue weighted by Crippen LogP contribution is -2.42. The van der Waals surface area contributed by atoms with Gasteiger partial charge in [0.05, 0.1) is 0 Å². The molecule has 2 N–H and O–H groups in total. The van der Waals surface area contributed by atoms with Crippen molar-refractivity contribution in [2.75, 3.05) is 11.9 Å². The Morgan fingerprint density at radius 1 is 1.00 bits per heavy atom. The molecule has 6 heteroatoms. The predicted octanol–water partition coefficient (Wildman–Crippen LogP) is 3.86. The largest absolute Gasteiger partial charge is 0.325 e. The zero-order valence-corrected chi connectivity index (χ0v) is 17.2. The number of hydrogen-bond donors (Lipinski definition) is 2. The van der Waals surface area contributed by atoms with Crippen LogP contribution in [-0.4, -0.2) is 29.3 Å². The van der Waals surface area contributed by atoms with Crippen LogP contribution in [0.3, 0.4) is 0 Å². The molecule has 0 aromatic heterocycles. The molecule has 0 spiro atoms. The zero-order valence-electron chi connectivity index (χ0n) is 17.2. The first-order chi connectivity index (χ1) is 14.3. The fourth-order valence-corrected chi connectivity index (χ4v) is 3.85. The normalized spacial score (nSPS) is 18.6. The second kappa shape index (κ2) is 7.30. The van der Waals surface area contributed by atoms with Crippen LogP contribution in [0.15, 0.2) is 60.7 Å². The minimum absolute atomic E-state index is 0.349. The van der Waals surface area contributed by atoms with E-state index in [0.717, 1.165) is 26.8 Å². The number of amides is 4. The Morgan fingerprint density at radius 2 is 1.73 bits per heavy atom. The SMILES string of the molecule is Cc1ccc(NC(=O)CN2C(=O)N[C@](C)(c3cccc4ccccc34)C2=O)cc1C. The van der Waals surface area contributed by atoms with Gasteiger partial charge in [-0.25, -0.2) is 4.79 Å². The summed E-state index contributed by atoms with van der Waals surface area (Å²) in [5, 5.41) is 7.41. The first-order valence-corrected chi connectivity index (χ1v) is 9.79. The van der Waals surface area contributed by atoms with Gasteiger partial charge in [-0.1, -0.05) is 48.5 Å². The third-order valence-corrected chi connectivity index (χ3v) is 5.70. The molecule has 1 saturated heterocycles. The van der Waals surface area contributed by atoms with Crippen LogP contribution in [0.5, 0.6) is 0 Å². The van der Waals surface area contributed by atoms with E-state index in [1.807, 2.05) is 68.4 Å². The van der Waals surface area contributed by atoms with Gasteiger partial charge in [0, 0.05) is 5.69 Å². The molecule has 4 rings (SSSR count). The standard InChI is InChI=1S/C24H23N3O3/c1-15-11-12-18(13-16(15)2)25-21(28)14-27-22(29)24(3,26-23(27)30)20-10-6-8-17-7-4-5-9-19(17)20/h4-13H,14H2,1-3H3,(H,25,28)(H,26,30)/t24-/m1/s1. The van der Waals surface area contributed by atoms with Crippen LogP contribution in [-0.2, 0) is 15.1 Å². The van der Waals surface area contributed by atoms with Crippen molar-refractivity contribution < 1.29 is 14.4 Å². The fraction of sp³-hybridized carbons (Fsp3) is 0.208. The number of aryl methyl sites for hydroxylation is 2. The summed E-state index contributed by atoms with van der Waals surface area (Å²) in [6, 6.07) is 18.3. The highest BCUT2D eigenvalue weighted by Crippen LogP contribution is 2.33. The summed E-state index contributed by atoms with van der Waals surface area (Å²) in [6.45, 7) is 5.27. The molecule has 1 heterocycles. The fourth-order valence-electron chi connectivity index (χ4n) is 3.85. The highest BCUT2D eigenvalue weighted by Gasteiger charge is 2.50. The van der Waals surface area contributed by atoms with E-state index in [1.165, 1.54) is 0 Å². The number of fused-ring (bicyclic) bond motifs is 1. The maximum Gasteiger partial charge on any atom is 0.325 e. The van der Waals surface area contributed by atoms with E-state index in [4.69, 9.17) is 0 Å². The number of hydrogen-bond acceptors (Lipinski definition) is 3. The molecule has 0 radical (unpaired) electrons. The Morgan fingerprint density at radius 3 is 2.50 bits per heavy atom. The lowest BCUT2D eigenvalue weighted by molar-refractivity contribution is -0.133. The molecule has 3 aromatic carbocycles. The van der Waals surface area contributed by atoms with Gasteiger partial charge in [-0.2, -0.15) is 0 Å². The van der Waals surface area contributed by atoms with Crippen LogP contribution in [0.1, 0.15) is 23.6 Å². The van der Waals surface area contributed by atoms with Crippen LogP contribution in [0.4, 0.5) is 10.5 Å². The molecule has 0 unspecified atom stereocenters. The maximum absolute atomic E-state index is 13.2. The van der Waals surface area contributed by atoms with E-state index >= 15 is 0 Å². The molecule has 0 saturated carbocycles. The number of imide groups is 1. The van der Waals surface area contributed by atoms with Gasteiger partial charge in [0.1, 0.15) is 12.1 Å². The molecule has 1 fully saturated rings. The van der Waals surface area contributed by atoms with Gasteiger partial charge in [0.25, 0.3) is 5.91 Å². The van der Waals surface area contributed by atoms with Crippen molar-refractivity contribution in [1.82, 2.24) is 10.2 Å². The second-order valence-corrected chi connectivity index (χ2v) is 7.82. The van der Waals surface area contributed by atoms with E-state index in [1.54, 1.807) is 13.0 Å². The Balaban J connectivity index is 1.57. The van der Waals surface area contributed by atoms with Gasteiger partial charge < -0.3 is 10.6 Å². The highest BCUT2D eigenvalue weighted by atomic mass is 16.2. The van der Waals surface area contributed by atoms with Gasteiger partial charge in [0.2, 0.25) is 5.91 Å². The Bertz CT molecular complexity index is 1180. The van der Waals surface area contributed by atoms with Crippen molar-refractivity contribution in [3.05, 3.63) is 77.4 Å². The smallest absolute Gasteiger partial charge is 0.325 e. The van der Waals surface area contributed by atoms with Gasteiger partial charge in [-0.3, -0.25) is 14.5 Å². The highest BCUT2D eigenvalue weighted by molar-refractivity contribution is 6.11. The van der Waals surface area contributed by atoms with Crippen LogP contribution >= 0.6 is 0 Å². The number of urea groups is 1. The van der Waals surface area contributed by atoms with E-state index in [0.29, 0.717) is 11.3 Å². The third kappa shape index (κ3) is 3.30.